The Labute approximate surface area is 186 Å². The fourth-order valence-corrected chi connectivity index (χ4v) is 3.21. The van der Waals surface area contributed by atoms with E-state index in [1.165, 1.54) is 11.6 Å². The molecule has 3 rings (SSSR count). The van der Waals surface area contributed by atoms with Crippen molar-refractivity contribution in [2.24, 2.45) is 0 Å². The molecule has 0 unspecified atom stereocenters. The fraction of sp³-hybridized carbons (Fsp3) is 0.167. The third kappa shape index (κ3) is 5.41. The minimum atomic E-state index is -0.363. The number of anilines is 2. The summed E-state index contributed by atoms with van der Waals surface area (Å²) in [7, 11) is 0. The summed E-state index contributed by atoms with van der Waals surface area (Å²) in [5, 5.41) is 6.37. The first-order valence-electron chi connectivity index (χ1n) is 9.42. The number of hydrogen-bond acceptors (Lipinski definition) is 2. The van der Waals surface area contributed by atoms with Gasteiger partial charge in [0.2, 0.25) is 0 Å². The van der Waals surface area contributed by atoms with E-state index < -0.39 is 0 Å². The quantitative estimate of drug-likeness (QED) is 0.468. The summed E-state index contributed by atoms with van der Waals surface area (Å²) >= 11 is 12.0. The zero-order valence-electron chi connectivity index (χ0n) is 16.9. The van der Waals surface area contributed by atoms with E-state index in [4.69, 9.17) is 23.2 Å². The zero-order valence-corrected chi connectivity index (χ0v) is 18.4. The van der Waals surface area contributed by atoms with Gasteiger partial charge in [0.05, 0.1) is 10.6 Å². The minimum absolute atomic E-state index is 0.0323. The van der Waals surface area contributed by atoms with Crippen LogP contribution in [0.25, 0.3) is 0 Å². The second kappa shape index (κ2) is 8.90. The van der Waals surface area contributed by atoms with E-state index in [0.717, 1.165) is 0 Å². The van der Waals surface area contributed by atoms with Crippen molar-refractivity contribution in [1.29, 1.82) is 0 Å². The van der Waals surface area contributed by atoms with Gasteiger partial charge in [-0.05, 0) is 65.6 Å². The molecule has 0 spiro atoms. The van der Waals surface area contributed by atoms with Crippen molar-refractivity contribution in [2.75, 3.05) is 10.6 Å². The molecule has 0 atom stereocenters. The lowest BCUT2D eigenvalue weighted by Gasteiger charge is -2.19. The lowest BCUT2D eigenvalue weighted by atomic mass is 9.87. The SMILES string of the molecule is CC(C)(C)c1ccc(C(=O)Nc2ccc(NC(=O)c3cc(Cl)ccc3Cl)cc2)cc1. The van der Waals surface area contributed by atoms with Crippen LogP contribution >= 0.6 is 23.2 Å². The fourth-order valence-electron chi connectivity index (χ4n) is 2.83. The van der Waals surface area contributed by atoms with E-state index in [-0.39, 0.29) is 17.2 Å². The molecule has 0 aromatic heterocycles. The van der Waals surface area contributed by atoms with Gasteiger partial charge >= 0.3 is 0 Å². The molecule has 0 heterocycles. The first kappa shape index (κ1) is 21.9. The van der Waals surface area contributed by atoms with Crippen LogP contribution < -0.4 is 10.6 Å². The number of carbonyl (C=O) groups excluding carboxylic acids is 2. The Morgan fingerprint density at radius 1 is 0.733 bits per heavy atom. The Kier molecular flexibility index (Phi) is 6.49. The third-order valence-electron chi connectivity index (χ3n) is 4.59. The third-order valence-corrected chi connectivity index (χ3v) is 5.15. The molecular formula is C24H22Cl2N2O2. The van der Waals surface area contributed by atoms with Crippen molar-refractivity contribution in [3.8, 4) is 0 Å². The number of nitrogens with one attached hydrogen (secondary N) is 2. The van der Waals surface area contributed by atoms with Gasteiger partial charge in [0, 0.05) is 22.0 Å². The van der Waals surface area contributed by atoms with Crippen LogP contribution in [-0.2, 0) is 5.41 Å². The molecule has 6 heteroatoms. The van der Waals surface area contributed by atoms with E-state index in [0.29, 0.717) is 32.5 Å². The van der Waals surface area contributed by atoms with Gasteiger partial charge in [0.1, 0.15) is 0 Å². The van der Waals surface area contributed by atoms with Crippen LogP contribution in [0.2, 0.25) is 10.0 Å². The second-order valence-corrected chi connectivity index (χ2v) is 8.78. The summed E-state index contributed by atoms with van der Waals surface area (Å²) < 4.78 is 0. The zero-order chi connectivity index (χ0) is 21.9. The van der Waals surface area contributed by atoms with Crippen molar-refractivity contribution < 1.29 is 9.59 Å². The molecule has 3 aromatic rings. The average Bonchev–Trinajstić information content (AvgIpc) is 2.70. The Morgan fingerprint density at radius 3 is 1.80 bits per heavy atom. The molecule has 0 saturated heterocycles. The highest BCUT2D eigenvalue weighted by Crippen LogP contribution is 2.24. The molecule has 4 nitrogen and oxygen atoms in total. The van der Waals surface area contributed by atoms with Crippen LogP contribution in [0.5, 0.6) is 0 Å². The standard InChI is InChI=1S/C24H22Cl2N2O2/c1-24(2,3)16-6-4-15(5-7-16)22(29)27-18-9-11-19(12-10-18)28-23(30)20-14-17(25)8-13-21(20)26/h4-14H,1-3H3,(H,27,29)(H,28,30). The molecule has 0 aliphatic heterocycles. The van der Waals surface area contributed by atoms with E-state index in [1.54, 1.807) is 36.4 Å². The Hall–Kier alpha value is -2.82. The summed E-state index contributed by atoms with van der Waals surface area (Å²) in [5.41, 5.74) is 3.27. The summed E-state index contributed by atoms with van der Waals surface area (Å²) in [5.74, 6) is -0.559. The normalized spacial score (nSPS) is 11.1. The number of amides is 2. The number of benzene rings is 3. The second-order valence-electron chi connectivity index (χ2n) is 7.94. The van der Waals surface area contributed by atoms with Gasteiger partial charge in [0.25, 0.3) is 11.8 Å². The molecule has 0 radical (unpaired) electrons. The lowest BCUT2D eigenvalue weighted by Crippen LogP contribution is -2.14. The van der Waals surface area contributed by atoms with E-state index in [9.17, 15) is 9.59 Å². The summed E-state index contributed by atoms with van der Waals surface area (Å²) in [6.07, 6.45) is 0. The van der Waals surface area contributed by atoms with E-state index in [2.05, 4.69) is 31.4 Å². The highest BCUT2D eigenvalue weighted by molar-refractivity contribution is 6.36. The van der Waals surface area contributed by atoms with Crippen LogP contribution in [0.1, 0.15) is 47.1 Å². The Balaban J connectivity index is 1.65. The van der Waals surface area contributed by atoms with Gasteiger partial charge in [-0.15, -0.1) is 0 Å². The van der Waals surface area contributed by atoms with Crippen LogP contribution in [-0.4, -0.2) is 11.8 Å². The van der Waals surface area contributed by atoms with Crippen LogP contribution in [0.15, 0.2) is 66.7 Å². The van der Waals surface area contributed by atoms with E-state index in [1.807, 2.05) is 24.3 Å². The molecule has 0 aliphatic carbocycles. The minimum Gasteiger partial charge on any atom is -0.322 e. The predicted octanol–water partition coefficient (Wildman–Crippen LogP) is 6.80. The molecule has 154 valence electrons. The largest absolute Gasteiger partial charge is 0.322 e. The number of rotatable bonds is 4. The number of hydrogen-bond donors (Lipinski definition) is 2. The van der Waals surface area contributed by atoms with Gasteiger partial charge < -0.3 is 10.6 Å². The van der Waals surface area contributed by atoms with Gasteiger partial charge in [-0.2, -0.15) is 0 Å². The summed E-state index contributed by atoms with van der Waals surface area (Å²) in [6, 6.07) is 19.1. The lowest BCUT2D eigenvalue weighted by molar-refractivity contribution is 0.101. The van der Waals surface area contributed by atoms with Crippen molar-refractivity contribution in [1.82, 2.24) is 0 Å². The molecular weight excluding hydrogens is 419 g/mol. The molecule has 0 aliphatic rings. The topological polar surface area (TPSA) is 58.2 Å². The Morgan fingerprint density at radius 2 is 1.27 bits per heavy atom. The Bertz CT molecular complexity index is 1070. The van der Waals surface area contributed by atoms with Crippen molar-refractivity contribution in [3.05, 3.63) is 93.5 Å². The molecule has 0 fully saturated rings. The van der Waals surface area contributed by atoms with Gasteiger partial charge in [0.15, 0.2) is 0 Å². The summed E-state index contributed by atoms with van der Waals surface area (Å²) in [4.78, 5) is 24.9. The van der Waals surface area contributed by atoms with Crippen molar-refractivity contribution in [2.45, 2.75) is 26.2 Å². The van der Waals surface area contributed by atoms with Crippen LogP contribution in [0, 0.1) is 0 Å². The smallest absolute Gasteiger partial charge is 0.257 e. The van der Waals surface area contributed by atoms with Gasteiger partial charge in [-0.25, -0.2) is 0 Å². The van der Waals surface area contributed by atoms with Gasteiger partial charge in [-0.3, -0.25) is 9.59 Å². The molecule has 0 bridgehead atoms. The first-order valence-corrected chi connectivity index (χ1v) is 10.2. The molecule has 2 amide bonds. The molecule has 30 heavy (non-hydrogen) atoms. The number of halogens is 2. The highest BCUT2D eigenvalue weighted by Gasteiger charge is 2.15. The summed E-state index contributed by atoms with van der Waals surface area (Å²) in [6.45, 7) is 6.38. The highest BCUT2D eigenvalue weighted by atomic mass is 35.5. The molecule has 0 saturated carbocycles. The maximum atomic E-state index is 12.5. The van der Waals surface area contributed by atoms with Crippen LogP contribution in [0.4, 0.5) is 11.4 Å². The maximum Gasteiger partial charge on any atom is 0.257 e. The average molecular weight is 441 g/mol. The molecule has 2 N–H and O–H groups in total. The molecule has 3 aromatic carbocycles. The first-order chi connectivity index (χ1) is 14.1. The maximum absolute atomic E-state index is 12.5. The number of carbonyl (C=O) groups is 2. The van der Waals surface area contributed by atoms with Crippen molar-refractivity contribution in [3.63, 3.8) is 0 Å². The van der Waals surface area contributed by atoms with E-state index >= 15 is 0 Å². The van der Waals surface area contributed by atoms with Crippen LogP contribution in [0.3, 0.4) is 0 Å². The van der Waals surface area contributed by atoms with Crippen molar-refractivity contribution >= 4 is 46.4 Å². The van der Waals surface area contributed by atoms with Gasteiger partial charge in [-0.1, -0.05) is 56.1 Å². The predicted molar refractivity (Wildman–Crippen MR) is 124 cm³/mol. The monoisotopic (exact) mass is 440 g/mol.